The number of aromatic nitrogens is 2. The van der Waals surface area contributed by atoms with Crippen LogP contribution in [0.25, 0.3) is 11.1 Å². The fourth-order valence-electron chi connectivity index (χ4n) is 2.45. The zero-order chi connectivity index (χ0) is 18.8. The van der Waals surface area contributed by atoms with E-state index in [1.807, 2.05) is 6.07 Å². The third-order valence-corrected chi connectivity index (χ3v) is 4.50. The Labute approximate surface area is 159 Å². The van der Waals surface area contributed by atoms with Gasteiger partial charge in [0.25, 0.3) is 0 Å². The molecule has 0 saturated carbocycles. The van der Waals surface area contributed by atoms with Crippen LogP contribution in [0.1, 0.15) is 18.6 Å². The Kier molecular flexibility index (Phi) is 5.15. The highest BCUT2D eigenvalue weighted by atomic mass is 35.5. The molecule has 1 aromatic carbocycles. The lowest BCUT2D eigenvalue weighted by atomic mass is 10.1. The van der Waals surface area contributed by atoms with Crippen molar-refractivity contribution in [1.82, 2.24) is 9.97 Å². The Morgan fingerprint density at radius 3 is 2.46 bits per heavy atom. The summed E-state index contributed by atoms with van der Waals surface area (Å²) in [6, 6.07) is 7.83. The molecular weight excluding hydrogens is 378 g/mol. The second kappa shape index (κ2) is 7.35. The molecule has 0 radical (unpaired) electrons. The summed E-state index contributed by atoms with van der Waals surface area (Å²) in [7, 11) is 0. The predicted molar refractivity (Wildman–Crippen MR) is 102 cm³/mol. The molecule has 3 rings (SSSR count). The van der Waals surface area contributed by atoms with Gasteiger partial charge < -0.3 is 16.2 Å². The van der Waals surface area contributed by atoms with E-state index in [0.717, 1.165) is 11.1 Å². The summed E-state index contributed by atoms with van der Waals surface area (Å²) >= 11 is 12.2. The van der Waals surface area contributed by atoms with Crippen molar-refractivity contribution in [2.75, 3.05) is 11.5 Å². The van der Waals surface area contributed by atoms with Crippen LogP contribution >= 0.6 is 23.2 Å². The van der Waals surface area contributed by atoms with Gasteiger partial charge in [0.1, 0.15) is 17.7 Å². The number of anilines is 2. The highest BCUT2D eigenvalue weighted by Gasteiger charge is 2.20. The van der Waals surface area contributed by atoms with Crippen molar-refractivity contribution < 1.29 is 9.13 Å². The standard InChI is InChI=1S/C18H15Cl2FN4O/c1-9(16-12(19)3-4-13(21)17(16)20)26-14-6-11(8-25-18(14)23)10-2-5-15(22)24-7-10/h2-9H,1H3,(H2,22,24)(H2,23,25). The molecule has 0 aliphatic carbocycles. The van der Waals surface area contributed by atoms with E-state index in [0.29, 0.717) is 22.2 Å². The van der Waals surface area contributed by atoms with Crippen LogP contribution in [-0.2, 0) is 0 Å². The third kappa shape index (κ3) is 3.66. The molecular formula is C18H15Cl2FN4O. The monoisotopic (exact) mass is 392 g/mol. The van der Waals surface area contributed by atoms with Gasteiger partial charge in [0.05, 0.1) is 5.02 Å². The molecule has 8 heteroatoms. The molecule has 2 aromatic heterocycles. The van der Waals surface area contributed by atoms with E-state index < -0.39 is 11.9 Å². The van der Waals surface area contributed by atoms with Crippen LogP contribution in [0.2, 0.25) is 10.0 Å². The summed E-state index contributed by atoms with van der Waals surface area (Å²) in [5.41, 5.74) is 13.4. The molecule has 134 valence electrons. The van der Waals surface area contributed by atoms with Crippen molar-refractivity contribution in [2.24, 2.45) is 0 Å². The Bertz CT molecular complexity index is 951. The van der Waals surface area contributed by atoms with E-state index >= 15 is 0 Å². The first kappa shape index (κ1) is 18.2. The van der Waals surface area contributed by atoms with E-state index in [4.69, 9.17) is 39.4 Å². The second-order valence-corrected chi connectivity index (χ2v) is 6.38. The molecule has 0 bridgehead atoms. The number of nitrogens with two attached hydrogens (primary N) is 2. The summed E-state index contributed by atoms with van der Waals surface area (Å²) in [6.07, 6.45) is 2.58. The van der Waals surface area contributed by atoms with Crippen LogP contribution in [-0.4, -0.2) is 9.97 Å². The first-order valence-electron chi connectivity index (χ1n) is 7.64. The Hall–Kier alpha value is -2.57. The van der Waals surface area contributed by atoms with Gasteiger partial charge in [0.15, 0.2) is 11.6 Å². The number of hydrogen-bond donors (Lipinski definition) is 2. The number of nitrogen functional groups attached to an aromatic ring is 2. The summed E-state index contributed by atoms with van der Waals surface area (Å²) < 4.78 is 19.6. The number of halogens is 3. The highest BCUT2D eigenvalue weighted by Crippen LogP contribution is 2.36. The average molecular weight is 393 g/mol. The van der Waals surface area contributed by atoms with Crippen LogP contribution in [0.3, 0.4) is 0 Å². The molecule has 0 saturated heterocycles. The molecule has 2 heterocycles. The normalized spacial score (nSPS) is 12.0. The number of nitrogens with zero attached hydrogens (tertiary/aromatic N) is 2. The lowest BCUT2D eigenvalue weighted by Gasteiger charge is -2.19. The van der Waals surface area contributed by atoms with E-state index in [2.05, 4.69) is 9.97 Å². The molecule has 1 unspecified atom stereocenters. The van der Waals surface area contributed by atoms with Crippen molar-refractivity contribution in [1.29, 1.82) is 0 Å². The predicted octanol–water partition coefficient (Wildman–Crippen LogP) is 4.89. The molecule has 1 atom stereocenters. The fourth-order valence-corrected chi connectivity index (χ4v) is 3.13. The van der Waals surface area contributed by atoms with Gasteiger partial charge in [-0.1, -0.05) is 23.2 Å². The fraction of sp³-hybridized carbons (Fsp3) is 0.111. The first-order valence-corrected chi connectivity index (χ1v) is 8.40. The SMILES string of the molecule is CC(Oc1cc(-c2ccc(N)nc2)cnc1N)c1c(Cl)ccc(F)c1Cl. The summed E-state index contributed by atoms with van der Waals surface area (Å²) in [4.78, 5) is 8.19. The van der Waals surface area contributed by atoms with Gasteiger partial charge in [-0.15, -0.1) is 0 Å². The summed E-state index contributed by atoms with van der Waals surface area (Å²) in [6.45, 7) is 1.70. The first-order chi connectivity index (χ1) is 12.4. The molecule has 4 N–H and O–H groups in total. The Morgan fingerprint density at radius 1 is 1.04 bits per heavy atom. The smallest absolute Gasteiger partial charge is 0.166 e. The van der Waals surface area contributed by atoms with E-state index in [9.17, 15) is 4.39 Å². The third-order valence-electron chi connectivity index (χ3n) is 3.79. The maximum absolute atomic E-state index is 13.8. The van der Waals surface area contributed by atoms with Gasteiger partial charge in [-0.05, 0) is 37.3 Å². The summed E-state index contributed by atoms with van der Waals surface area (Å²) in [5.74, 6) is 0.350. The van der Waals surface area contributed by atoms with Crippen LogP contribution in [0.5, 0.6) is 5.75 Å². The molecule has 3 aromatic rings. The van der Waals surface area contributed by atoms with Crippen LogP contribution in [0.15, 0.2) is 42.7 Å². The molecule has 0 amide bonds. The zero-order valence-corrected chi connectivity index (χ0v) is 15.2. The lowest BCUT2D eigenvalue weighted by molar-refractivity contribution is 0.227. The average Bonchev–Trinajstić information content (AvgIpc) is 2.61. The zero-order valence-electron chi connectivity index (χ0n) is 13.7. The van der Waals surface area contributed by atoms with E-state index in [1.54, 1.807) is 31.5 Å². The van der Waals surface area contributed by atoms with Crippen LogP contribution < -0.4 is 16.2 Å². The topological polar surface area (TPSA) is 87.0 Å². The molecule has 5 nitrogen and oxygen atoms in total. The van der Waals surface area contributed by atoms with E-state index in [-0.39, 0.29) is 10.8 Å². The molecule has 0 fully saturated rings. The molecule has 0 aliphatic heterocycles. The Morgan fingerprint density at radius 2 is 1.77 bits per heavy atom. The van der Waals surface area contributed by atoms with Crippen molar-refractivity contribution in [3.63, 3.8) is 0 Å². The minimum absolute atomic E-state index is 0.0876. The maximum Gasteiger partial charge on any atom is 0.166 e. The van der Waals surface area contributed by atoms with Crippen molar-refractivity contribution in [3.8, 4) is 16.9 Å². The number of rotatable bonds is 4. The molecule has 0 aliphatic rings. The van der Waals surface area contributed by atoms with Crippen molar-refractivity contribution in [2.45, 2.75) is 13.0 Å². The lowest BCUT2D eigenvalue weighted by Crippen LogP contribution is -2.08. The molecule has 0 spiro atoms. The number of pyridine rings is 2. The second-order valence-electron chi connectivity index (χ2n) is 5.60. The van der Waals surface area contributed by atoms with Gasteiger partial charge >= 0.3 is 0 Å². The van der Waals surface area contributed by atoms with Gasteiger partial charge in [-0.25, -0.2) is 14.4 Å². The largest absolute Gasteiger partial charge is 0.482 e. The minimum Gasteiger partial charge on any atom is -0.482 e. The molecule has 26 heavy (non-hydrogen) atoms. The van der Waals surface area contributed by atoms with Gasteiger partial charge in [-0.2, -0.15) is 0 Å². The van der Waals surface area contributed by atoms with Crippen molar-refractivity contribution in [3.05, 3.63) is 64.2 Å². The summed E-state index contributed by atoms with van der Waals surface area (Å²) in [5, 5.41) is 0.213. The maximum atomic E-state index is 13.8. The minimum atomic E-state index is -0.644. The van der Waals surface area contributed by atoms with Crippen LogP contribution in [0, 0.1) is 5.82 Å². The highest BCUT2D eigenvalue weighted by molar-refractivity contribution is 6.36. The number of hydrogen-bond acceptors (Lipinski definition) is 5. The number of benzene rings is 1. The quantitative estimate of drug-likeness (QED) is 0.616. The van der Waals surface area contributed by atoms with Gasteiger partial charge in [-0.3, -0.25) is 0 Å². The van der Waals surface area contributed by atoms with Gasteiger partial charge in [0, 0.05) is 34.1 Å². The Balaban J connectivity index is 1.94. The van der Waals surface area contributed by atoms with Gasteiger partial charge in [0.2, 0.25) is 0 Å². The van der Waals surface area contributed by atoms with Crippen LogP contribution in [0.4, 0.5) is 16.0 Å². The number of ether oxygens (including phenoxy) is 1. The van der Waals surface area contributed by atoms with E-state index in [1.165, 1.54) is 12.1 Å². The van der Waals surface area contributed by atoms with Crippen molar-refractivity contribution >= 4 is 34.8 Å².